The lowest BCUT2D eigenvalue weighted by atomic mass is 10.1. The van der Waals surface area contributed by atoms with Crippen LogP contribution in [-0.4, -0.2) is 117 Å². The van der Waals surface area contributed by atoms with Crippen LogP contribution in [0.4, 0.5) is 0 Å². The van der Waals surface area contributed by atoms with Gasteiger partial charge in [-0.1, -0.05) is 0 Å². The summed E-state index contributed by atoms with van der Waals surface area (Å²) in [5, 5.41) is -2.09. The summed E-state index contributed by atoms with van der Waals surface area (Å²) in [6.07, 6.45) is 0. The van der Waals surface area contributed by atoms with Crippen LogP contribution in [0.15, 0.2) is 79.1 Å². The number of hydrogen-bond donors (Lipinski definition) is 8. The topological polar surface area (TPSA) is 588 Å². The monoisotopic (exact) mass is 1270 g/mol. The van der Waals surface area contributed by atoms with Crippen molar-refractivity contribution in [2.75, 3.05) is 13.2 Å². The summed E-state index contributed by atoms with van der Waals surface area (Å²) in [6, 6.07) is 4.58. The van der Waals surface area contributed by atoms with Crippen LogP contribution in [-0.2, 0) is 83.2 Å². The molecule has 0 saturated carbocycles. The molecule has 78 heavy (non-hydrogen) atoms. The van der Waals surface area contributed by atoms with Crippen molar-refractivity contribution < 1.29 is 156 Å². The average Bonchev–Trinajstić information content (AvgIpc) is 3.21. The van der Waals surface area contributed by atoms with Crippen molar-refractivity contribution in [1.82, 2.24) is 0 Å². The van der Waals surface area contributed by atoms with E-state index in [1.807, 2.05) is 0 Å². The molecule has 0 aliphatic heterocycles. The highest BCUT2D eigenvalue weighted by Gasteiger charge is 2.31. The van der Waals surface area contributed by atoms with Gasteiger partial charge in [0.25, 0.3) is 0 Å². The van der Waals surface area contributed by atoms with Crippen molar-refractivity contribution in [2.45, 2.75) is 0 Å². The van der Waals surface area contributed by atoms with Gasteiger partial charge >= 0.3 is 83.2 Å². The van der Waals surface area contributed by atoms with E-state index in [2.05, 4.69) is 33.5 Å². The summed E-state index contributed by atoms with van der Waals surface area (Å²) < 4.78 is 318. The van der Waals surface area contributed by atoms with Crippen molar-refractivity contribution in [3.63, 3.8) is 0 Å². The van der Waals surface area contributed by atoms with Crippen molar-refractivity contribution in [3.8, 4) is 80.1 Å². The highest BCUT2D eigenvalue weighted by Crippen LogP contribution is 2.43. The molecular formula is C32H22O38S8. The van der Waals surface area contributed by atoms with Gasteiger partial charge in [0.15, 0.2) is 46.0 Å². The summed E-state index contributed by atoms with van der Waals surface area (Å²) in [5.74, 6) is -15.0. The van der Waals surface area contributed by atoms with Crippen LogP contribution in [0, 0.1) is 0 Å². The molecule has 0 spiro atoms. The second kappa shape index (κ2) is 21.1. The number of fused-ring (bicyclic) bond motifs is 2. The Bertz CT molecular complexity index is 4240. The predicted molar refractivity (Wildman–Crippen MR) is 244 cm³/mol. The summed E-state index contributed by atoms with van der Waals surface area (Å²) in [5.41, 5.74) is -7.18. The minimum atomic E-state index is -5.84. The molecule has 0 bridgehead atoms. The molecule has 2 aromatic heterocycles. The Morgan fingerprint density at radius 2 is 0.615 bits per heavy atom. The molecule has 426 valence electrons. The van der Waals surface area contributed by atoms with Gasteiger partial charge in [-0.3, -0.25) is 46.0 Å². The van der Waals surface area contributed by atoms with Crippen molar-refractivity contribution >= 4 is 105 Å². The first-order valence-electron chi connectivity index (χ1n) is 18.6. The van der Waals surface area contributed by atoms with Gasteiger partial charge in [0, 0.05) is 35.4 Å². The van der Waals surface area contributed by atoms with E-state index in [4.69, 9.17) is 27.4 Å². The zero-order valence-electron chi connectivity index (χ0n) is 36.3. The van der Waals surface area contributed by atoms with E-state index in [0.717, 1.165) is 0 Å². The number of hydrogen-bond acceptors (Lipinski definition) is 30. The Kier molecular flexibility index (Phi) is 16.2. The van der Waals surface area contributed by atoms with Crippen LogP contribution in [0.1, 0.15) is 0 Å². The van der Waals surface area contributed by atoms with E-state index in [1.54, 1.807) is 0 Å². The molecule has 0 unspecified atom stereocenters. The first-order valence-corrected chi connectivity index (χ1v) is 29.5. The number of benzene rings is 4. The van der Waals surface area contributed by atoms with Gasteiger partial charge in [0.05, 0.1) is 0 Å². The molecular weight excluding hydrogens is 1250 g/mol. The largest absolute Gasteiger partial charge is 0.489 e. The van der Waals surface area contributed by atoms with Gasteiger partial charge in [-0.25, -0.2) is 0 Å². The number of rotatable bonds is 23. The highest BCUT2D eigenvalue weighted by molar-refractivity contribution is 7.83. The first kappa shape index (κ1) is 59.8. The van der Waals surface area contributed by atoms with E-state index in [-0.39, 0.29) is 0 Å². The first-order chi connectivity index (χ1) is 35.4. The molecule has 6 rings (SSSR count). The van der Waals surface area contributed by atoms with Crippen LogP contribution in [0.2, 0.25) is 0 Å². The van der Waals surface area contributed by atoms with Gasteiger partial charge in [0.1, 0.15) is 46.7 Å². The summed E-state index contributed by atoms with van der Waals surface area (Å²) in [7, 11) is -45.0. The van der Waals surface area contributed by atoms with E-state index >= 15 is 0 Å². The van der Waals surface area contributed by atoms with Gasteiger partial charge in [-0.15, -0.1) is 0 Å². The van der Waals surface area contributed by atoms with Gasteiger partial charge in [-0.2, -0.15) is 67.3 Å². The van der Waals surface area contributed by atoms with Gasteiger partial charge in [0.2, 0.25) is 22.4 Å². The van der Waals surface area contributed by atoms with Crippen molar-refractivity contribution in [3.05, 3.63) is 81.1 Å². The van der Waals surface area contributed by atoms with Crippen molar-refractivity contribution in [2.24, 2.45) is 0 Å². The predicted octanol–water partition coefficient (Wildman–Crippen LogP) is 0.144. The zero-order chi connectivity index (χ0) is 58.5. The van der Waals surface area contributed by atoms with Crippen molar-refractivity contribution in [1.29, 1.82) is 0 Å². The van der Waals surface area contributed by atoms with E-state index in [9.17, 15) is 104 Å². The Balaban J connectivity index is 1.51. The van der Waals surface area contributed by atoms with E-state index in [1.165, 1.54) is 0 Å². The minimum Gasteiger partial charge on any atom is -0.489 e. The third-order valence-corrected chi connectivity index (χ3v) is 11.5. The SMILES string of the molecule is O=c1c(OS(=O)(=O)O)c(-c2ccc(OS(=O)(=O)O)c(OS(=O)(=O)O)c2)oc2cc(OS(=O)(=O)O)cc(OCCOc3cc(OS(=O)(=O)O)cc4oc(-c5ccc(OS(=O)(=O)O)c(OS(=O)(=O)O)c5)c(OS(=O)(=O)O)c(=O)c34)c12. The summed E-state index contributed by atoms with van der Waals surface area (Å²) in [4.78, 5) is 28.2. The molecule has 6 aromatic rings. The Morgan fingerprint density at radius 1 is 0.333 bits per heavy atom. The molecule has 0 radical (unpaired) electrons. The zero-order valence-corrected chi connectivity index (χ0v) is 42.8. The molecule has 0 amide bonds. The van der Waals surface area contributed by atoms with Crippen LogP contribution >= 0.6 is 0 Å². The molecule has 8 N–H and O–H groups in total. The average molecular weight is 1270 g/mol. The van der Waals surface area contributed by atoms with Crippen LogP contribution in [0.5, 0.6) is 57.5 Å². The van der Waals surface area contributed by atoms with Gasteiger partial charge < -0.3 is 51.8 Å². The van der Waals surface area contributed by atoms with Crippen LogP contribution in [0.3, 0.4) is 0 Å². The molecule has 4 aromatic carbocycles. The molecule has 0 aliphatic rings. The van der Waals surface area contributed by atoms with Crippen LogP contribution < -0.4 is 53.8 Å². The fourth-order valence-electron chi connectivity index (χ4n) is 6.12. The third-order valence-electron chi connectivity index (χ3n) is 8.35. The Morgan fingerprint density at radius 3 is 0.897 bits per heavy atom. The normalized spacial score (nSPS) is 12.9. The quantitative estimate of drug-likeness (QED) is 0.0312. The summed E-state index contributed by atoms with van der Waals surface area (Å²) in [6.45, 7) is -2.13. The maximum Gasteiger partial charge on any atom is 0.446 e. The maximum absolute atomic E-state index is 14.1. The fraction of sp³-hybridized carbons (Fsp3) is 0.0625. The molecule has 0 fully saturated rings. The van der Waals surface area contributed by atoms with Gasteiger partial charge in [-0.05, 0) is 36.4 Å². The third kappa shape index (κ3) is 16.5. The lowest BCUT2D eigenvalue weighted by Gasteiger charge is -2.16. The Hall–Kier alpha value is -7.42. The van der Waals surface area contributed by atoms with E-state index < -0.39 is 209 Å². The smallest absolute Gasteiger partial charge is 0.446 e. The molecule has 0 aliphatic carbocycles. The van der Waals surface area contributed by atoms with Crippen LogP contribution in [0.25, 0.3) is 44.6 Å². The Labute approximate surface area is 432 Å². The maximum atomic E-state index is 14.1. The molecule has 46 heteroatoms. The highest BCUT2D eigenvalue weighted by atomic mass is 32.3. The summed E-state index contributed by atoms with van der Waals surface area (Å²) >= 11 is 0. The molecule has 0 saturated heterocycles. The minimum absolute atomic E-state index is 0.322. The number of ether oxygens (including phenoxy) is 2. The standard InChI is InChI=1S/C32H22O38S8/c33-27-25-21(9-15(63-71(35,36)37)11-23(25)61-29(31(27)69-77(53,54)55)13-1-3-17(65-73(41,42)43)19(7-13)67-75(47,48)49)59-5-6-60-22-10-16(64-72(38,39)40)12-24-26(22)28(34)32(70-78(56,57)58)30(62-24)14-2-4-18(66-74(44,45)46)20(8-14)68-76(50,51)52/h1-4,7-12H,5-6H2,(H,35,36,37)(H,38,39,40)(H,41,42,43)(H,44,45,46)(H,47,48,49)(H,50,51,52)(H,53,54,55)(H,56,57,58). The van der Waals surface area contributed by atoms with E-state index in [0.29, 0.717) is 60.7 Å². The second-order valence-electron chi connectivity index (χ2n) is 13.9. The second-order valence-corrected chi connectivity index (χ2v) is 22.1. The molecule has 0 atom stereocenters. The fourth-order valence-corrected chi connectivity index (χ4v) is 8.97. The lowest BCUT2D eigenvalue weighted by molar-refractivity contribution is 0.219. The lowest BCUT2D eigenvalue weighted by Crippen LogP contribution is -2.18. The molecule has 2 heterocycles. The molecule has 38 nitrogen and oxygen atoms in total.